The zero-order valence-corrected chi connectivity index (χ0v) is 8.24. The van der Waals surface area contributed by atoms with Crippen molar-refractivity contribution in [1.29, 1.82) is 0 Å². The van der Waals surface area contributed by atoms with Crippen molar-refractivity contribution in [3.05, 3.63) is 17.0 Å². The van der Waals surface area contributed by atoms with Crippen LogP contribution in [0.5, 0.6) is 0 Å². The fraction of sp³-hybridized carbons (Fsp3) is 0.556. The molecule has 5 nitrogen and oxygen atoms in total. The van der Waals surface area contributed by atoms with Gasteiger partial charge in [0, 0.05) is 12.1 Å². The molecule has 0 N–H and O–H groups in total. The molecule has 1 aliphatic heterocycles. The lowest BCUT2D eigenvalue weighted by molar-refractivity contribution is 0.0579. The first-order valence-corrected chi connectivity index (χ1v) is 4.52. The fourth-order valence-corrected chi connectivity index (χ4v) is 1.62. The summed E-state index contributed by atoms with van der Waals surface area (Å²) in [4.78, 5) is 11.5. The number of esters is 1. The van der Waals surface area contributed by atoms with Gasteiger partial charge in [0.2, 0.25) is 0 Å². The van der Waals surface area contributed by atoms with Gasteiger partial charge in [0.15, 0.2) is 5.69 Å². The van der Waals surface area contributed by atoms with E-state index in [9.17, 15) is 4.79 Å². The zero-order valence-electron chi connectivity index (χ0n) is 8.24. The molecule has 0 amide bonds. The minimum atomic E-state index is -0.342. The van der Waals surface area contributed by atoms with Crippen LogP contribution in [-0.4, -0.2) is 22.9 Å². The SMILES string of the molecule is CCn1nc2c(c1C(=O)OC)COC2. The largest absolute Gasteiger partial charge is 0.464 e. The number of fused-ring (bicyclic) bond motifs is 1. The van der Waals surface area contributed by atoms with E-state index in [2.05, 4.69) is 5.10 Å². The molecule has 1 aliphatic rings. The molecule has 0 aromatic carbocycles. The average Bonchev–Trinajstić information content (AvgIpc) is 2.74. The third-order valence-corrected chi connectivity index (χ3v) is 2.30. The smallest absolute Gasteiger partial charge is 0.356 e. The van der Waals surface area contributed by atoms with Crippen LogP contribution >= 0.6 is 0 Å². The first-order chi connectivity index (χ1) is 6.77. The van der Waals surface area contributed by atoms with Crippen molar-refractivity contribution >= 4 is 5.97 Å². The Kier molecular flexibility index (Phi) is 2.25. The molecule has 2 heterocycles. The lowest BCUT2D eigenvalue weighted by atomic mass is 10.2. The maximum absolute atomic E-state index is 11.5. The Labute approximate surface area is 81.6 Å². The quantitative estimate of drug-likeness (QED) is 0.654. The number of carbonyl (C=O) groups is 1. The Morgan fingerprint density at radius 1 is 1.64 bits per heavy atom. The van der Waals surface area contributed by atoms with Crippen LogP contribution < -0.4 is 0 Å². The van der Waals surface area contributed by atoms with E-state index in [-0.39, 0.29) is 5.97 Å². The third kappa shape index (κ3) is 1.21. The summed E-state index contributed by atoms with van der Waals surface area (Å²) in [6.07, 6.45) is 0. The van der Waals surface area contributed by atoms with E-state index in [1.165, 1.54) is 7.11 Å². The summed E-state index contributed by atoms with van der Waals surface area (Å²) in [5, 5.41) is 4.27. The molecule has 0 aliphatic carbocycles. The molecule has 0 bridgehead atoms. The van der Waals surface area contributed by atoms with E-state index >= 15 is 0 Å². The fourth-order valence-electron chi connectivity index (χ4n) is 1.62. The van der Waals surface area contributed by atoms with Crippen molar-refractivity contribution in [2.75, 3.05) is 7.11 Å². The number of carbonyl (C=O) groups excluding carboxylic acids is 1. The first-order valence-electron chi connectivity index (χ1n) is 4.52. The number of ether oxygens (including phenoxy) is 2. The molecule has 0 radical (unpaired) electrons. The van der Waals surface area contributed by atoms with Crippen LogP contribution in [0.15, 0.2) is 0 Å². The number of aryl methyl sites for hydroxylation is 1. The van der Waals surface area contributed by atoms with Gasteiger partial charge in [0.1, 0.15) is 0 Å². The van der Waals surface area contributed by atoms with Gasteiger partial charge in [0.25, 0.3) is 0 Å². The molecule has 0 atom stereocenters. The topological polar surface area (TPSA) is 53.4 Å². The van der Waals surface area contributed by atoms with E-state index in [1.54, 1.807) is 4.68 Å². The number of methoxy groups -OCH3 is 1. The van der Waals surface area contributed by atoms with Crippen LogP contribution in [0, 0.1) is 0 Å². The van der Waals surface area contributed by atoms with Gasteiger partial charge in [-0.1, -0.05) is 0 Å². The highest BCUT2D eigenvalue weighted by Gasteiger charge is 2.26. The van der Waals surface area contributed by atoms with Gasteiger partial charge in [-0.25, -0.2) is 4.79 Å². The van der Waals surface area contributed by atoms with Crippen LogP contribution in [0.25, 0.3) is 0 Å². The second kappa shape index (κ2) is 3.42. The average molecular weight is 196 g/mol. The lowest BCUT2D eigenvalue weighted by Gasteiger charge is -2.04. The van der Waals surface area contributed by atoms with Gasteiger partial charge in [-0.2, -0.15) is 5.10 Å². The monoisotopic (exact) mass is 196 g/mol. The minimum Gasteiger partial charge on any atom is -0.464 e. The summed E-state index contributed by atoms with van der Waals surface area (Å²) in [6.45, 7) is 3.55. The van der Waals surface area contributed by atoms with Crippen LogP contribution in [0.3, 0.4) is 0 Å². The van der Waals surface area contributed by atoms with Crippen molar-refractivity contribution in [2.24, 2.45) is 0 Å². The highest BCUT2D eigenvalue weighted by Crippen LogP contribution is 2.23. The summed E-state index contributed by atoms with van der Waals surface area (Å²) in [5.41, 5.74) is 2.26. The summed E-state index contributed by atoms with van der Waals surface area (Å²) >= 11 is 0. The number of hydrogen-bond acceptors (Lipinski definition) is 4. The van der Waals surface area contributed by atoms with E-state index in [4.69, 9.17) is 9.47 Å². The summed E-state index contributed by atoms with van der Waals surface area (Å²) in [7, 11) is 1.37. The highest BCUT2D eigenvalue weighted by molar-refractivity contribution is 5.89. The van der Waals surface area contributed by atoms with Gasteiger partial charge in [-0.15, -0.1) is 0 Å². The second-order valence-corrected chi connectivity index (χ2v) is 3.07. The Balaban J connectivity index is 2.49. The minimum absolute atomic E-state index is 0.342. The Morgan fingerprint density at radius 3 is 3.07 bits per heavy atom. The number of nitrogens with zero attached hydrogens (tertiary/aromatic N) is 2. The predicted molar refractivity (Wildman–Crippen MR) is 47.7 cm³/mol. The maximum Gasteiger partial charge on any atom is 0.356 e. The van der Waals surface area contributed by atoms with Crippen molar-refractivity contribution in [3.8, 4) is 0 Å². The predicted octanol–water partition coefficient (Wildman–Crippen LogP) is 0.720. The highest BCUT2D eigenvalue weighted by atomic mass is 16.5. The summed E-state index contributed by atoms with van der Waals surface area (Å²) in [5.74, 6) is -0.342. The van der Waals surface area contributed by atoms with E-state index in [1.807, 2.05) is 6.92 Å². The molecular formula is C9H12N2O3. The summed E-state index contributed by atoms with van der Waals surface area (Å²) < 4.78 is 11.6. The molecule has 1 aromatic heterocycles. The van der Waals surface area contributed by atoms with E-state index in [0.29, 0.717) is 25.5 Å². The molecule has 2 rings (SSSR count). The third-order valence-electron chi connectivity index (χ3n) is 2.30. The van der Waals surface area contributed by atoms with Crippen molar-refractivity contribution in [3.63, 3.8) is 0 Å². The molecule has 0 fully saturated rings. The van der Waals surface area contributed by atoms with Crippen molar-refractivity contribution in [1.82, 2.24) is 9.78 Å². The van der Waals surface area contributed by atoms with Gasteiger partial charge in [0.05, 0.1) is 26.0 Å². The van der Waals surface area contributed by atoms with E-state index < -0.39 is 0 Å². The van der Waals surface area contributed by atoms with Gasteiger partial charge < -0.3 is 9.47 Å². The number of rotatable bonds is 2. The van der Waals surface area contributed by atoms with Crippen molar-refractivity contribution < 1.29 is 14.3 Å². The molecule has 0 spiro atoms. The van der Waals surface area contributed by atoms with Crippen molar-refractivity contribution in [2.45, 2.75) is 26.7 Å². The van der Waals surface area contributed by atoms with Crippen LogP contribution in [-0.2, 0) is 29.2 Å². The Morgan fingerprint density at radius 2 is 2.43 bits per heavy atom. The zero-order chi connectivity index (χ0) is 10.1. The Bertz CT molecular complexity index is 370. The molecule has 14 heavy (non-hydrogen) atoms. The van der Waals surface area contributed by atoms with Gasteiger partial charge in [-0.3, -0.25) is 4.68 Å². The lowest BCUT2D eigenvalue weighted by Crippen LogP contribution is -2.13. The number of hydrogen-bond donors (Lipinski definition) is 0. The normalized spacial score (nSPS) is 14.1. The standard InChI is InChI=1S/C9H12N2O3/c1-3-11-8(9(12)13-2)6-4-14-5-7(6)10-11/h3-5H2,1-2H3. The number of aromatic nitrogens is 2. The molecule has 0 saturated carbocycles. The molecule has 1 aromatic rings. The first kappa shape index (κ1) is 9.21. The van der Waals surface area contributed by atoms with Gasteiger partial charge >= 0.3 is 5.97 Å². The van der Waals surface area contributed by atoms with E-state index in [0.717, 1.165) is 11.3 Å². The molecule has 0 saturated heterocycles. The second-order valence-electron chi connectivity index (χ2n) is 3.07. The maximum atomic E-state index is 11.5. The van der Waals surface area contributed by atoms with Crippen LogP contribution in [0.1, 0.15) is 28.7 Å². The van der Waals surface area contributed by atoms with Gasteiger partial charge in [-0.05, 0) is 6.92 Å². The summed E-state index contributed by atoms with van der Waals surface area (Å²) in [6, 6.07) is 0. The molecule has 5 heteroatoms. The van der Waals surface area contributed by atoms with Crippen LogP contribution in [0.2, 0.25) is 0 Å². The molecule has 0 unspecified atom stereocenters. The molecular weight excluding hydrogens is 184 g/mol. The Hall–Kier alpha value is -1.36. The van der Waals surface area contributed by atoms with Crippen LogP contribution in [0.4, 0.5) is 0 Å². The molecule has 76 valence electrons.